The molecule has 1 atom stereocenters. The van der Waals surface area contributed by atoms with Crippen LogP contribution in [0.2, 0.25) is 0 Å². The number of aromatic nitrogens is 5. The largest absolute Gasteiger partial charge is 0.381 e. The Kier molecular flexibility index (Phi) is 4.15. The van der Waals surface area contributed by atoms with Crippen LogP contribution in [0.5, 0.6) is 0 Å². The van der Waals surface area contributed by atoms with Crippen molar-refractivity contribution in [2.75, 3.05) is 18.9 Å². The number of hydrogen-bond acceptors (Lipinski definition) is 6. The van der Waals surface area contributed by atoms with Gasteiger partial charge in [-0.2, -0.15) is 4.52 Å². The first kappa shape index (κ1) is 17.3. The number of nitrogens with zero attached hydrogens (tertiary/aromatic N) is 6. The van der Waals surface area contributed by atoms with Crippen LogP contribution in [-0.4, -0.2) is 37.8 Å². The molecule has 1 aromatic carbocycles. The normalized spacial score (nSPS) is 16.2. The van der Waals surface area contributed by atoms with Crippen molar-refractivity contribution in [3.8, 4) is 22.4 Å². The average Bonchev–Trinajstić information content (AvgIpc) is 3.44. The molecule has 1 saturated heterocycles. The van der Waals surface area contributed by atoms with E-state index in [1.807, 2.05) is 24.3 Å². The van der Waals surface area contributed by atoms with Crippen LogP contribution in [0.15, 0.2) is 48.8 Å². The molecule has 1 aliphatic rings. The third-order valence-electron chi connectivity index (χ3n) is 5.04. The number of pyridine rings is 1. The van der Waals surface area contributed by atoms with Crippen LogP contribution >= 0.6 is 0 Å². The summed E-state index contributed by atoms with van der Waals surface area (Å²) in [7, 11) is 0. The number of rotatable bonds is 3. The first-order valence-corrected chi connectivity index (χ1v) is 9.27. The van der Waals surface area contributed by atoms with Gasteiger partial charge in [-0.1, -0.05) is 18.2 Å². The highest BCUT2D eigenvalue weighted by atomic mass is 16.5. The molecule has 0 radical (unpaired) electrons. The first-order valence-electron chi connectivity index (χ1n) is 9.27. The van der Waals surface area contributed by atoms with Crippen molar-refractivity contribution in [1.82, 2.24) is 24.6 Å². The molecule has 5 rings (SSSR count). The van der Waals surface area contributed by atoms with Crippen LogP contribution < -0.4 is 5.73 Å². The first-order chi connectivity index (χ1) is 14.2. The summed E-state index contributed by atoms with van der Waals surface area (Å²) < 4.78 is 7.09. The fourth-order valence-corrected chi connectivity index (χ4v) is 3.60. The zero-order valence-corrected chi connectivity index (χ0v) is 15.5. The third kappa shape index (κ3) is 2.98. The minimum Gasteiger partial charge on any atom is -0.381 e. The van der Waals surface area contributed by atoms with Crippen LogP contribution in [0.25, 0.3) is 32.9 Å². The van der Waals surface area contributed by atoms with Crippen LogP contribution in [-0.2, 0) is 4.74 Å². The van der Waals surface area contributed by atoms with Crippen LogP contribution in [0.3, 0.4) is 0 Å². The summed E-state index contributed by atoms with van der Waals surface area (Å²) in [4.78, 5) is 17.1. The van der Waals surface area contributed by atoms with E-state index < -0.39 is 0 Å². The van der Waals surface area contributed by atoms with Crippen molar-refractivity contribution in [1.29, 1.82) is 0 Å². The topological polar surface area (TPSA) is 95.6 Å². The highest BCUT2D eigenvalue weighted by molar-refractivity contribution is 5.91. The summed E-state index contributed by atoms with van der Waals surface area (Å²) >= 11 is 0. The molecule has 0 aliphatic carbocycles. The van der Waals surface area contributed by atoms with Gasteiger partial charge in [-0.3, -0.25) is 4.98 Å². The van der Waals surface area contributed by atoms with Gasteiger partial charge in [0.05, 0.1) is 24.4 Å². The highest BCUT2D eigenvalue weighted by Crippen LogP contribution is 2.36. The predicted octanol–water partition coefficient (Wildman–Crippen LogP) is 3.49. The van der Waals surface area contributed by atoms with Crippen molar-refractivity contribution >= 4 is 17.3 Å². The third-order valence-corrected chi connectivity index (χ3v) is 5.04. The van der Waals surface area contributed by atoms with Crippen molar-refractivity contribution in [2.24, 2.45) is 0 Å². The Morgan fingerprint density at radius 3 is 2.76 bits per heavy atom. The second-order valence-electron chi connectivity index (χ2n) is 6.86. The smallest absolute Gasteiger partial charge is 0.223 e. The molecule has 0 spiro atoms. The van der Waals surface area contributed by atoms with E-state index in [0.717, 1.165) is 23.1 Å². The molecule has 0 saturated carbocycles. The van der Waals surface area contributed by atoms with Gasteiger partial charge in [0, 0.05) is 24.9 Å². The summed E-state index contributed by atoms with van der Waals surface area (Å²) in [6.45, 7) is 8.64. The van der Waals surface area contributed by atoms with Crippen LogP contribution in [0.4, 0.5) is 11.6 Å². The van der Waals surface area contributed by atoms with Gasteiger partial charge in [0.1, 0.15) is 0 Å². The zero-order valence-electron chi connectivity index (χ0n) is 15.5. The summed E-state index contributed by atoms with van der Waals surface area (Å²) in [5.41, 5.74) is 10.6. The Balaban J connectivity index is 1.81. The lowest BCUT2D eigenvalue weighted by Crippen LogP contribution is -2.06. The van der Waals surface area contributed by atoms with Crippen LogP contribution in [0.1, 0.15) is 18.2 Å². The van der Waals surface area contributed by atoms with Gasteiger partial charge in [0.2, 0.25) is 5.95 Å². The zero-order chi connectivity index (χ0) is 19.8. The molecular formula is C21H17N7O. The quantitative estimate of drug-likeness (QED) is 0.544. The molecule has 2 N–H and O–H groups in total. The van der Waals surface area contributed by atoms with Gasteiger partial charge < -0.3 is 10.5 Å². The second kappa shape index (κ2) is 6.96. The Labute approximate surface area is 166 Å². The van der Waals surface area contributed by atoms with E-state index in [9.17, 15) is 0 Å². The maximum atomic E-state index is 7.33. The number of hydrogen-bond donors (Lipinski definition) is 1. The molecule has 1 aliphatic heterocycles. The summed E-state index contributed by atoms with van der Waals surface area (Å²) in [5, 5.41) is 4.62. The monoisotopic (exact) mass is 383 g/mol. The molecule has 29 heavy (non-hydrogen) atoms. The maximum Gasteiger partial charge on any atom is 0.223 e. The molecule has 1 fully saturated rings. The lowest BCUT2D eigenvalue weighted by atomic mass is 10.0. The number of benzene rings is 1. The lowest BCUT2D eigenvalue weighted by Gasteiger charge is -2.12. The van der Waals surface area contributed by atoms with Crippen molar-refractivity contribution in [2.45, 2.75) is 12.3 Å². The molecule has 8 nitrogen and oxygen atoms in total. The molecule has 1 unspecified atom stereocenters. The summed E-state index contributed by atoms with van der Waals surface area (Å²) in [6, 6.07) is 11.1. The Hall–Kier alpha value is -3.83. The lowest BCUT2D eigenvalue weighted by molar-refractivity contribution is 0.193. The van der Waals surface area contributed by atoms with Gasteiger partial charge in [-0.25, -0.2) is 14.8 Å². The number of anilines is 1. The average molecular weight is 383 g/mol. The Morgan fingerprint density at radius 2 is 2.00 bits per heavy atom. The molecule has 4 aromatic rings. The van der Waals surface area contributed by atoms with Crippen molar-refractivity contribution in [3.05, 3.63) is 66.0 Å². The van der Waals surface area contributed by atoms with E-state index in [1.54, 1.807) is 29.0 Å². The fraction of sp³-hybridized carbons (Fsp3) is 0.190. The minimum atomic E-state index is 0.147. The van der Waals surface area contributed by atoms with Gasteiger partial charge in [0.25, 0.3) is 0 Å². The van der Waals surface area contributed by atoms with E-state index in [-0.39, 0.29) is 11.9 Å². The highest BCUT2D eigenvalue weighted by Gasteiger charge is 2.25. The number of nitrogens with two attached hydrogens (primary N) is 1. The summed E-state index contributed by atoms with van der Waals surface area (Å²) in [5.74, 6) is 1.10. The number of ether oxygens (including phenoxy) is 1. The maximum absolute atomic E-state index is 7.33. The van der Waals surface area contributed by atoms with E-state index in [2.05, 4.69) is 19.9 Å². The van der Waals surface area contributed by atoms with E-state index in [4.69, 9.17) is 22.0 Å². The molecule has 0 amide bonds. The van der Waals surface area contributed by atoms with Crippen molar-refractivity contribution in [3.63, 3.8) is 0 Å². The summed E-state index contributed by atoms with van der Waals surface area (Å²) in [6.07, 6.45) is 4.34. The molecule has 0 bridgehead atoms. The van der Waals surface area contributed by atoms with E-state index in [0.29, 0.717) is 36.1 Å². The molecule has 8 heteroatoms. The van der Waals surface area contributed by atoms with Gasteiger partial charge >= 0.3 is 0 Å². The molecule has 3 aromatic heterocycles. The Morgan fingerprint density at radius 1 is 1.14 bits per heavy atom. The number of fused-ring (bicyclic) bond motifs is 1. The van der Waals surface area contributed by atoms with Crippen molar-refractivity contribution < 1.29 is 4.74 Å². The van der Waals surface area contributed by atoms with Crippen LogP contribution in [0, 0.1) is 6.57 Å². The van der Waals surface area contributed by atoms with E-state index in [1.165, 1.54) is 0 Å². The van der Waals surface area contributed by atoms with E-state index >= 15 is 0 Å². The SMILES string of the molecule is [C-]#[N+]c1cccc(-c2nc(N)n3nc(C4CCOC4)nc3c2-c2ccncc2)c1. The predicted molar refractivity (Wildman–Crippen MR) is 108 cm³/mol. The molecular weight excluding hydrogens is 366 g/mol. The fourth-order valence-electron chi connectivity index (χ4n) is 3.60. The second-order valence-corrected chi connectivity index (χ2v) is 6.86. The minimum absolute atomic E-state index is 0.147. The Bertz CT molecular complexity index is 1240. The van der Waals surface area contributed by atoms with Gasteiger partial charge in [-0.05, 0) is 35.7 Å². The standard InChI is InChI=1S/C21H17N7O/c1-23-16-4-2-3-14(11-16)18-17(13-5-8-24-9-6-13)20-26-19(15-7-10-29-12-15)27-28(20)21(22)25-18/h2-6,8-9,11,15H,7,10,12H2,(H2,22,25). The number of nitrogen functional groups attached to an aromatic ring is 1. The van der Waals surface area contributed by atoms with Gasteiger partial charge in [-0.15, -0.1) is 5.10 Å². The molecule has 142 valence electrons. The van der Waals surface area contributed by atoms with Gasteiger partial charge in [0.15, 0.2) is 17.2 Å². The molecule has 4 heterocycles.